The summed E-state index contributed by atoms with van der Waals surface area (Å²) in [5.41, 5.74) is 2.12. The molecule has 1 unspecified atom stereocenters. The van der Waals surface area contributed by atoms with Crippen molar-refractivity contribution in [1.82, 2.24) is 0 Å². The maximum absolute atomic E-state index is 6.14. The van der Waals surface area contributed by atoms with Gasteiger partial charge in [0.1, 0.15) is 5.75 Å². The van der Waals surface area contributed by atoms with Crippen LogP contribution in [-0.4, -0.2) is 7.11 Å². The molecule has 106 valence electrons. The first kappa shape index (κ1) is 15.0. The molecule has 2 aromatic carbocycles. The van der Waals surface area contributed by atoms with Gasteiger partial charge in [-0.3, -0.25) is 0 Å². The van der Waals surface area contributed by atoms with Gasteiger partial charge in [0.25, 0.3) is 0 Å². The lowest BCUT2D eigenvalue weighted by atomic mass is 10.0. The molecular weight excluding hydrogens is 293 g/mol. The minimum absolute atomic E-state index is 0.193. The molecule has 2 rings (SSSR count). The number of rotatable bonds is 5. The molecule has 0 radical (unpaired) electrons. The summed E-state index contributed by atoms with van der Waals surface area (Å²) in [6, 6.07) is 13.8. The van der Waals surface area contributed by atoms with E-state index in [1.807, 2.05) is 36.4 Å². The van der Waals surface area contributed by atoms with Crippen LogP contribution in [0.4, 0.5) is 5.69 Å². The number of hydrogen-bond donors (Lipinski definition) is 1. The lowest BCUT2D eigenvalue weighted by Crippen LogP contribution is -2.09. The molecule has 0 aliphatic rings. The Labute approximate surface area is 129 Å². The second-order valence-electron chi connectivity index (χ2n) is 4.51. The molecule has 0 fully saturated rings. The number of ether oxygens (including phenoxy) is 1. The second kappa shape index (κ2) is 6.87. The second-order valence-corrected chi connectivity index (χ2v) is 5.35. The fraction of sp³-hybridized carbons (Fsp3) is 0.250. The van der Waals surface area contributed by atoms with Gasteiger partial charge in [-0.05, 0) is 42.3 Å². The van der Waals surface area contributed by atoms with Crippen molar-refractivity contribution >= 4 is 28.9 Å². The van der Waals surface area contributed by atoms with E-state index in [1.54, 1.807) is 7.11 Å². The van der Waals surface area contributed by atoms with Gasteiger partial charge in [0.15, 0.2) is 0 Å². The van der Waals surface area contributed by atoms with Crippen LogP contribution in [0.5, 0.6) is 5.75 Å². The van der Waals surface area contributed by atoms with Gasteiger partial charge >= 0.3 is 0 Å². The fourth-order valence-electron chi connectivity index (χ4n) is 2.10. The van der Waals surface area contributed by atoms with Crippen LogP contribution in [0.3, 0.4) is 0 Å². The van der Waals surface area contributed by atoms with E-state index in [9.17, 15) is 0 Å². The predicted molar refractivity (Wildman–Crippen MR) is 86.1 cm³/mol. The highest BCUT2D eigenvalue weighted by Crippen LogP contribution is 2.30. The smallest absolute Gasteiger partial charge is 0.137 e. The highest BCUT2D eigenvalue weighted by molar-refractivity contribution is 6.32. The maximum Gasteiger partial charge on any atom is 0.137 e. The van der Waals surface area contributed by atoms with Crippen molar-refractivity contribution in [3.63, 3.8) is 0 Å². The average molecular weight is 310 g/mol. The average Bonchev–Trinajstić information content (AvgIpc) is 2.45. The number of halogens is 2. The summed E-state index contributed by atoms with van der Waals surface area (Å²) in [5, 5.41) is 4.81. The molecule has 0 saturated carbocycles. The summed E-state index contributed by atoms with van der Waals surface area (Å²) in [6.07, 6.45) is 0.948. The Morgan fingerprint density at radius 2 is 1.95 bits per heavy atom. The molecule has 4 heteroatoms. The van der Waals surface area contributed by atoms with E-state index in [4.69, 9.17) is 27.9 Å². The highest BCUT2D eigenvalue weighted by Gasteiger charge is 2.10. The maximum atomic E-state index is 6.14. The standard InChI is InChI=1S/C16H17Cl2NO/c1-3-15(11-5-4-6-12(17)9-11)19-13-7-8-16(20-2)14(18)10-13/h4-10,15,19H,3H2,1-2H3. The van der Waals surface area contributed by atoms with Crippen LogP contribution in [0.1, 0.15) is 24.9 Å². The number of methoxy groups -OCH3 is 1. The fourth-order valence-corrected chi connectivity index (χ4v) is 2.56. The van der Waals surface area contributed by atoms with Crippen molar-refractivity contribution in [2.75, 3.05) is 12.4 Å². The number of benzene rings is 2. The van der Waals surface area contributed by atoms with Crippen LogP contribution in [-0.2, 0) is 0 Å². The van der Waals surface area contributed by atoms with E-state index < -0.39 is 0 Å². The van der Waals surface area contributed by atoms with Crippen molar-refractivity contribution in [3.8, 4) is 5.75 Å². The minimum Gasteiger partial charge on any atom is -0.495 e. The number of anilines is 1. The van der Waals surface area contributed by atoms with E-state index in [0.29, 0.717) is 10.8 Å². The summed E-state index contributed by atoms with van der Waals surface area (Å²) in [4.78, 5) is 0. The summed E-state index contributed by atoms with van der Waals surface area (Å²) in [6.45, 7) is 2.13. The molecule has 0 bridgehead atoms. The normalized spacial score (nSPS) is 12.0. The zero-order valence-electron chi connectivity index (χ0n) is 11.5. The van der Waals surface area contributed by atoms with Crippen LogP contribution in [0.15, 0.2) is 42.5 Å². The summed E-state index contributed by atoms with van der Waals surface area (Å²) < 4.78 is 5.15. The van der Waals surface area contributed by atoms with Crippen LogP contribution in [0, 0.1) is 0 Å². The third-order valence-corrected chi connectivity index (χ3v) is 3.68. The number of nitrogens with one attached hydrogen (secondary N) is 1. The molecule has 0 aromatic heterocycles. The molecule has 2 nitrogen and oxygen atoms in total. The van der Waals surface area contributed by atoms with Crippen molar-refractivity contribution in [3.05, 3.63) is 58.1 Å². The van der Waals surface area contributed by atoms with Gasteiger partial charge in [-0.2, -0.15) is 0 Å². The van der Waals surface area contributed by atoms with Gasteiger partial charge in [0, 0.05) is 10.7 Å². The Kier molecular flexibility index (Phi) is 5.16. The van der Waals surface area contributed by atoms with Gasteiger partial charge in [-0.25, -0.2) is 0 Å². The van der Waals surface area contributed by atoms with Crippen molar-refractivity contribution in [1.29, 1.82) is 0 Å². The van der Waals surface area contributed by atoms with Gasteiger partial charge in [0.2, 0.25) is 0 Å². The minimum atomic E-state index is 0.193. The lowest BCUT2D eigenvalue weighted by molar-refractivity contribution is 0.415. The van der Waals surface area contributed by atoms with Crippen LogP contribution in [0.25, 0.3) is 0 Å². The quantitative estimate of drug-likeness (QED) is 0.780. The topological polar surface area (TPSA) is 21.3 Å². The molecule has 1 atom stereocenters. The first-order chi connectivity index (χ1) is 9.63. The molecule has 0 aliphatic heterocycles. The van der Waals surface area contributed by atoms with E-state index in [0.717, 1.165) is 22.7 Å². The predicted octanol–water partition coefficient (Wildman–Crippen LogP) is 5.57. The lowest BCUT2D eigenvalue weighted by Gasteiger charge is -2.19. The van der Waals surface area contributed by atoms with E-state index in [-0.39, 0.29) is 6.04 Å². The molecule has 0 heterocycles. The summed E-state index contributed by atoms with van der Waals surface area (Å²) >= 11 is 12.2. The third-order valence-electron chi connectivity index (χ3n) is 3.15. The molecule has 0 saturated heterocycles. The first-order valence-corrected chi connectivity index (χ1v) is 7.25. The molecular formula is C16H17Cl2NO. The SMILES string of the molecule is CCC(Nc1ccc(OC)c(Cl)c1)c1cccc(Cl)c1. The Morgan fingerprint density at radius 3 is 2.55 bits per heavy atom. The zero-order chi connectivity index (χ0) is 14.5. The van der Waals surface area contributed by atoms with E-state index in [2.05, 4.69) is 18.3 Å². The van der Waals surface area contributed by atoms with E-state index >= 15 is 0 Å². The first-order valence-electron chi connectivity index (χ1n) is 6.49. The highest BCUT2D eigenvalue weighted by atomic mass is 35.5. The van der Waals surface area contributed by atoms with E-state index in [1.165, 1.54) is 0 Å². The molecule has 0 aliphatic carbocycles. The Morgan fingerprint density at radius 1 is 1.15 bits per heavy atom. The van der Waals surface area contributed by atoms with Crippen molar-refractivity contribution in [2.45, 2.75) is 19.4 Å². The van der Waals surface area contributed by atoms with Crippen molar-refractivity contribution in [2.24, 2.45) is 0 Å². The monoisotopic (exact) mass is 309 g/mol. The van der Waals surface area contributed by atoms with Crippen LogP contribution < -0.4 is 10.1 Å². The Balaban J connectivity index is 2.20. The molecule has 1 N–H and O–H groups in total. The third kappa shape index (κ3) is 3.59. The molecule has 20 heavy (non-hydrogen) atoms. The largest absolute Gasteiger partial charge is 0.495 e. The molecule has 0 spiro atoms. The Bertz CT molecular complexity index is 586. The van der Waals surface area contributed by atoms with Crippen LogP contribution >= 0.6 is 23.2 Å². The van der Waals surface area contributed by atoms with Gasteiger partial charge < -0.3 is 10.1 Å². The van der Waals surface area contributed by atoms with Crippen molar-refractivity contribution < 1.29 is 4.74 Å². The zero-order valence-corrected chi connectivity index (χ0v) is 13.0. The summed E-state index contributed by atoms with van der Waals surface area (Å²) in [5.74, 6) is 0.674. The van der Waals surface area contributed by atoms with Gasteiger partial charge in [-0.1, -0.05) is 42.3 Å². The molecule has 0 amide bonds. The van der Waals surface area contributed by atoms with Crippen LogP contribution in [0.2, 0.25) is 10.0 Å². The van der Waals surface area contributed by atoms with Gasteiger partial charge in [0.05, 0.1) is 18.2 Å². The van der Waals surface area contributed by atoms with Gasteiger partial charge in [-0.15, -0.1) is 0 Å². The summed E-state index contributed by atoms with van der Waals surface area (Å²) in [7, 11) is 1.61. The Hall–Kier alpha value is -1.38. The molecule has 2 aromatic rings. The number of hydrogen-bond acceptors (Lipinski definition) is 2.